The van der Waals surface area contributed by atoms with Crippen LogP contribution in [0.2, 0.25) is 0 Å². The molecule has 0 aliphatic carbocycles. The highest BCUT2D eigenvalue weighted by molar-refractivity contribution is 5.99. The van der Waals surface area contributed by atoms with E-state index < -0.39 is 0 Å². The molecule has 3 heteroatoms. The van der Waals surface area contributed by atoms with Crippen LogP contribution in [0.3, 0.4) is 0 Å². The normalized spacial score (nSPS) is 10.8. The van der Waals surface area contributed by atoms with Gasteiger partial charge in [-0.3, -0.25) is 5.43 Å². The van der Waals surface area contributed by atoms with Crippen LogP contribution >= 0.6 is 0 Å². The fourth-order valence-electron chi connectivity index (χ4n) is 1.51. The maximum absolute atomic E-state index is 8.73. The van der Waals surface area contributed by atoms with Crippen LogP contribution in [-0.4, -0.2) is 5.71 Å². The number of nitriles is 1. The third kappa shape index (κ3) is 2.96. The van der Waals surface area contributed by atoms with Gasteiger partial charge in [-0.25, -0.2) is 0 Å². The summed E-state index contributed by atoms with van der Waals surface area (Å²) in [7, 11) is 0. The lowest BCUT2D eigenvalue weighted by molar-refractivity contribution is 1.32. The Labute approximate surface area is 106 Å². The molecule has 88 valence electrons. The van der Waals surface area contributed by atoms with E-state index in [9.17, 15) is 0 Å². The van der Waals surface area contributed by atoms with Crippen molar-refractivity contribution in [2.24, 2.45) is 5.10 Å². The summed E-state index contributed by atoms with van der Waals surface area (Å²) in [5.74, 6) is 0. The average Bonchev–Trinajstić information content (AvgIpc) is 2.46. The van der Waals surface area contributed by atoms with Gasteiger partial charge in [0, 0.05) is 0 Å². The monoisotopic (exact) mass is 235 g/mol. The topological polar surface area (TPSA) is 48.2 Å². The van der Waals surface area contributed by atoms with Gasteiger partial charge in [0.1, 0.15) is 0 Å². The van der Waals surface area contributed by atoms with Crippen molar-refractivity contribution in [3.05, 3.63) is 65.7 Å². The average molecular weight is 235 g/mol. The fourth-order valence-corrected chi connectivity index (χ4v) is 1.51. The van der Waals surface area contributed by atoms with Crippen molar-refractivity contribution in [3.63, 3.8) is 0 Å². The lowest BCUT2D eigenvalue weighted by Gasteiger charge is -2.03. The highest BCUT2D eigenvalue weighted by atomic mass is 15.3. The summed E-state index contributed by atoms with van der Waals surface area (Å²) >= 11 is 0. The largest absolute Gasteiger partial charge is 0.278 e. The molecule has 2 rings (SSSR count). The van der Waals surface area contributed by atoms with Gasteiger partial charge in [0.15, 0.2) is 0 Å². The first-order valence-corrected chi connectivity index (χ1v) is 5.65. The first-order chi connectivity index (χ1) is 8.79. The second-order valence-electron chi connectivity index (χ2n) is 3.86. The Morgan fingerprint density at radius 1 is 1.06 bits per heavy atom. The fraction of sp³-hybridized carbons (Fsp3) is 0.0667. The molecule has 0 amide bonds. The van der Waals surface area contributed by atoms with Crippen LogP contribution in [0.1, 0.15) is 18.1 Å². The Kier molecular flexibility index (Phi) is 3.72. The lowest BCUT2D eigenvalue weighted by atomic mass is 10.1. The third-order valence-corrected chi connectivity index (χ3v) is 2.56. The zero-order valence-corrected chi connectivity index (χ0v) is 10.1. The molecule has 0 aliphatic rings. The van der Waals surface area contributed by atoms with Gasteiger partial charge in [-0.05, 0) is 36.8 Å². The van der Waals surface area contributed by atoms with Gasteiger partial charge in [-0.2, -0.15) is 10.4 Å². The minimum Gasteiger partial charge on any atom is -0.278 e. The quantitative estimate of drug-likeness (QED) is 0.654. The maximum Gasteiger partial charge on any atom is 0.0991 e. The summed E-state index contributed by atoms with van der Waals surface area (Å²) in [4.78, 5) is 0. The second-order valence-corrected chi connectivity index (χ2v) is 3.86. The Bertz CT molecular complexity index is 577. The van der Waals surface area contributed by atoms with Gasteiger partial charge in [0.25, 0.3) is 0 Å². The number of nitrogens with one attached hydrogen (secondary N) is 1. The summed E-state index contributed by atoms with van der Waals surface area (Å²) in [5, 5.41) is 13.0. The molecule has 2 aromatic carbocycles. The van der Waals surface area contributed by atoms with E-state index in [-0.39, 0.29) is 0 Å². The Hall–Kier alpha value is -2.60. The number of rotatable bonds is 3. The summed E-state index contributed by atoms with van der Waals surface area (Å²) < 4.78 is 0. The highest BCUT2D eigenvalue weighted by Crippen LogP contribution is 2.08. The minimum absolute atomic E-state index is 0.655. The van der Waals surface area contributed by atoms with Crippen molar-refractivity contribution in [2.45, 2.75) is 6.92 Å². The molecule has 0 saturated heterocycles. The summed E-state index contributed by atoms with van der Waals surface area (Å²) in [6, 6.07) is 19.2. The zero-order valence-electron chi connectivity index (χ0n) is 10.1. The van der Waals surface area contributed by atoms with Crippen molar-refractivity contribution in [1.29, 1.82) is 5.26 Å². The molecule has 0 fully saturated rings. The van der Waals surface area contributed by atoms with E-state index in [0.29, 0.717) is 5.56 Å². The summed E-state index contributed by atoms with van der Waals surface area (Å²) in [6.45, 7) is 1.93. The standard InChI is InChI=1S/C15H13N3/c1-12(14-9-7-13(11-16)8-10-14)17-18-15-5-3-2-4-6-15/h2-10,18H,1H3/b17-12+. The molecule has 0 spiro atoms. The number of anilines is 1. The molecular formula is C15H13N3. The SMILES string of the molecule is C/C(=N\Nc1ccccc1)c1ccc(C#N)cc1. The molecule has 0 aliphatic heterocycles. The number of hydrogen-bond acceptors (Lipinski definition) is 3. The molecule has 0 radical (unpaired) electrons. The minimum atomic E-state index is 0.655. The van der Waals surface area contributed by atoms with E-state index in [1.165, 1.54) is 0 Å². The van der Waals surface area contributed by atoms with Gasteiger partial charge in [-0.15, -0.1) is 0 Å². The van der Waals surface area contributed by atoms with E-state index >= 15 is 0 Å². The molecule has 0 heterocycles. The third-order valence-electron chi connectivity index (χ3n) is 2.56. The van der Waals surface area contributed by atoms with Crippen LogP contribution in [0.5, 0.6) is 0 Å². The Morgan fingerprint density at radius 3 is 2.33 bits per heavy atom. The van der Waals surface area contributed by atoms with Gasteiger partial charge >= 0.3 is 0 Å². The zero-order chi connectivity index (χ0) is 12.8. The summed E-state index contributed by atoms with van der Waals surface area (Å²) in [6.07, 6.45) is 0. The van der Waals surface area contributed by atoms with Gasteiger partial charge in [0.2, 0.25) is 0 Å². The van der Waals surface area contributed by atoms with Crippen LogP contribution in [0.25, 0.3) is 0 Å². The van der Waals surface area contributed by atoms with Crippen molar-refractivity contribution < 1.29 is 0 Å². The smallest absolute Gasteiger partial charge is 0.0991 e. The van der Waals surface area contributed by atoms with Crippen LogP contribution in [-0.2, 0) is 0 Å². The number of nitrogens with zero attached hydrogens (tertiary/aromatic N) is 2. The molecule has 3 nitrogen and oxygen atoms in total. The molecular weight excluding hydrogens is 222 g/mol. The lowest BCUT2D eigenvalue weighted by Crippen LogP contribution is -1.99. The molecule has 2 aromatic rings. The van der Waals surface area contributed by atoms with Crippen LogP contribution < -0.4 is 5.43 Å². The second kappa shape index (κ2) is 5.65. The summed E-state index contributed by atoms with van der Waals surface area (Å²) in [5.41, 5.74) is 6.47. The molecule has 0 unspecified atom stereocenters. The van der Waals surface area contributed by atoms with E-state index in [0.717, 1.165) is 17.0 Å². The molecule has 1 N–H and O–H groups in total. The predicted octanol–water partition coefficient (Wildman–Crippen LogP) is 3.39. The number of hydrogen-bond donors (Lipinski definition) is 1. The van der Waals surface area contributed by atoms with E-state index in [1.807, 2.05) is 49.4 Å². The van der Waals surface area contributed by atoms with Gasteiger partial charge in [-0.1, -0.05) is 30.3 Å². The van der Waals surface area contributed by atoms with Crippen molar-refractivity contribution in [3.8, 4) is 6.07 Å². The molecule has 0 aromatic heterocycles. The van der Waals surface area contributed by atoms with Crippen molar-refractivity contribution >= 4 is 11.4 Å². The van der Waals surface area contributed by atoms with Crippen LogP contribution in [0.15, 0.2) is 59.7 Å². The number of hydrazone groups is 1. The molecule has 0 bridgehead atoms. The van der Waals surface area contributed by atoms with E-state index in [1.54, 1.807) is 12.1 Å². The van der Waals surface area contributed by atoms with E-state index in [2.05, 4.69) is 16.6 Å². The van der Waals surface area contributed by atoms with Gasteiger partial charge in [0.05, 0.1) is 23.0 Å². The molecule has 18 heavy (non-hydrogen) atoms. The van der Waals surface area contributed by atoms with Crippen molar-refractivity contribution in [2.75, 3.05) is 5.43 Å². The van der Waals surface area contributed by atoms with Crippen molar-refractivity contribution in [1.82, 2.24) is 0 Å². The van der Waals surface area contributed by atoms with Gasteiger partial charge < -0.3 is 0 Å². The molecule has 0 saturated carbocycles. The number of benzene rings is 2. The van der Waals surface area contributed by atoms with Crippen LogP contribution in [0.4, 0.5) is 5.69 Å². The van der Waals surface area contributed by atoms with E-state index in [4.69, 9.17) is 5.26 Å². The Morgan fingerprint density at radius 2 is 1.72 bits per heavy atom. The maximum atomic E-state index is 8.73. The predicted molar refractivity (Wildman–Crippen MR) is 73.4 cm³/mol. The molecule has 0 atom stereocenters. The van der Waals surface area contributed by atoms with Crippen LogP contribution in [0, 0.1) is 11.3 Å². The first kappa shape index (κ1) is 11.9. The number of para-hydroxylation sites is 1. The Balaban J connectivity index is 2.11. The first-order valence-electron chi connectivity index (χ1n) is 5.65. The highest BCUT2D eigenvalue weighted by Gasteiger charge is 1.97.